The molecule has 2 atom stereocenters. The van der Waals surface area contributed by atoms with Crippen molar-refractivity contribution in [1.82, 2.24) is 10.3 Å². The molecule has 7 heteroatoms. The fraction of sp³-hybridized carbons (Fsp3) is 0.348. The predicted octanol–water partition coefficient (Wildman–Crippen LogP) is 2.72. The number of rotatable bonds is 4. The van der Waals surface area contributed by atoms with E-state index in [9.17, 15) is 9.59 Å². The summed E-state index contributed by atoms with van der Waals surface area (Å²) in [6.45, 7) is 8.88. The van der Waals surface area contributed by atoms with Gasteiger partial charge in [0.15, 0.2) is 0 Å². The first-order valence-corrected chi connectivity index (χ1v) is 10.1. The lowest BCUT2D eigenvalue weighted by atomic mass is 9.95. The van der Waals surface area contributed by atoms with Crippen LogP contribution in [0.25, 0.3) is 0 Å². The van der Waals surface area contributed by atoms with Crippen molar-refractivity contribution in [2.45, 2.75) is 45.2 Å². The average Bonchev–Trinajstić information content (AvgIpc) is 3.18. The highest BCUT2D eigenvalue weighted by Gasteiger charge is 2.31. The number of aromatic nitrogens is 1. The minimum Gasteiger partial charge on any atom is -0.493 e. The lowest BCUT2D eigenvalue weighted by molar-refractivity contribution is 0.0929. The number of carbonyl (C=O) groups is 2. The fourth-order valence-electron chi connectivity index (χ4n) is 4.38. The van der Waals surface area contributed by atoms with Crippen molar-refractivity contribution in [3.05, 3.63) is 65.0 Å². The summed E-state index contributed by atoms with van der Waals surface area (Å²) in [6, 6.07) is 7.37. The van der Waals surface area contributed by atoms with Crippen LogP contribution in [-0.2, 0) is 6.42 Å². The maximum Gasteiger partial charge on any atom is 0.251 e. The van der Waals surface area contributed by atoms with E-state index in [1.165, 1.54) is 6.20 Å². The Morgan fingerprint density at radius 1 is 1.30 bits per heavy atom. The molecule has 1 aromatic heterocycles. The van der Waals surface area contributed by atoms with Gasteiger partial charge >= 0.3 is 0 Å². The lowest BCUT2D eigenvalue weighted by Crippen LogP contribution is -2.48. The van der Waals surface area contributed by atoms with E-state index in [4.69, 9.17) is 10.5 Å². The number of nitrogens with zero attached hydrogens (tertiary/aromatic N) is 2. The summed E-state index contributed by atoms with van der Waals surface area (Å²) in [7, 11) is 0. The highest BCUT2D eigenvalue weighted by Crippen LogP contribution is 2.33. The normalized spacial score (nSPS) is 20.5. The summed E-state index contributed by atoms with van der Waals surface area (Å²) < 4.78 is 5.69. The number of nitrogens with one attached hydrogen (secondary N) is 1. The molecule has 0 radical (unpaired) electrons. The van der Waals surface area contributed by atoms with Crippen molar-refractivity contribution in [1.29, 1.82) is 0 Å². The van der Waals surface area contributed by atoms with Crippen LogP contribution in [0.5, 0.6) is 5.75 Å². The molecule has 7 nitrogen and oxygen atoms in total. The number of primary amides is 1. The average molecular weight is 406 g/mol. The largest absolute Gasteiger partial charge is 0.493 e. The van der Waals surface area contributed by atoms with Gasteiger partial charge in [-0.1, -0.05) is 12.6 Å². The van der Waals surface area contributed by atoms with E-state index in [1.54, 1.807) is 12.1 Å². The first-order valence-electron chi connectivity index (χ1n) is 10.1. The highest BCUT2D eigenvalue weighted by molar-refractivity contribution is 5.96. The van der Waals surface area contributed by atoms with E-state index < -0.39 is 5.91 Å². The van der Waals surface area contributed by atoms with E-state index >= 15 is 0 Å². The Balaban J connectivity index is 1.45. The van der Waals surface area contributed by atoms with Crippen molar-refractivity contribution in [3.63, 3.8) is 0 Å². The number of pyridine rings is 1. The number of nitrogens with two attached hydrogens (primary N) is 1. The predicted molar refractivity (Wildman–Crippen MR) is 115 cm³/mol. The van der Waals surface area contributed by atoms with Gasteiger partial charge in [-0.05, 0) is 44.0 Å². The van der Waals surface area contributed by atoms with Gasteiger partial charge in [-0.25, -0.2) is 4.98 Å². The Labute approximate surface area is 175 Å². The molecule has 30 heavy (non-hydrogen) atoms. The number of piperidine rings is 1. The number of benzene rings is 1. The van der Waals surface area contributed by atoms with Crippen molar-refractivity contribution in [2.24, 2.45) is 5.73 Å². The second-order valence-electron chi connectivity index (χ2n) is 7.99. The molecule has 0 saturated carbocycles. The first kappa shape index (κ1) is 19.9. The zero-order valence-electron chi connectivity index (χ0n) is 17.3. The second-order valence-corrected chi connectivity index (χ2v) is 7.99. The molecule has 0 aliphatic carbocycles. The molecule has 3 heterocycles. The smallest absolute Gasteiger partial charge is 0.251 e. The van der Waals surface area contributed by atoms with Gasteiger partial charge in [-0.15, -0.1) is 0 Å². The van der Waals surface area contributed by atoms with E-state index in [1.807, 2.05) is 24.0 Å². The Morgan fingerprint density at radius 2 is 2.10 bits per heavy atom. The van der Waals surface area contributed by atoms with E-state index in [2.05, 4.69) is 23.8 Å². The van der Waals surface area contributed by atoms with Crippen LogP contribution >= 0.6 is 0 Å². The number of carbonyl (C=O) groups excluding carboxylic acids is 2. The topological polar surface area (TPSA) is 97.5 Å². The Hall–Kier alpha value is -3.35. The van der Waals surface area contributed by atoms with E-state index in [0.29, 0.717) is 30.0 Å². The van der Waals surface area contributed by atoms with Gasteiger partial charge in [0.2, 0.25) is 5.91 Å². The van der Waals surface area contributed by atoms with Crippen LogP contribution in [0.3, 0.4) is 0 Å². The summed E-state index contributed by atoms with van der Waals surface area (Å²) in [4.78, 5) is 30.6. The molecular weight excluding hydrogens is 380 g/mol. The van der Waals surface area contributed by atoms with Crippen molar-refractivity contribution in [2.75, 3.05) is 11.5 Å². The number of hydrogen-bond acceptors (Lipinski definition) is 5. The van der Waals surface area contributed by atoms with Gasteiger partial charge in [0.05, 0.1) is 12.2 Å². The van der Waals surface area contributed by atoms with Gasteiger partial charge in [0, 0.05) is 47.9 Å². The third-order valence-electron chi connectivity index (χ3n) is 5.85. The molecule has 4 rings (SSSR count). The molecule has 2 aliphatic rings. The molecular formula is C23H26N4O3. The third-order valence-corrected chi connectivity index (χ3v) is 5.85. The van der Waals surface area contributed by atoms with Crippen LogP contribution in [0.15, 0.2) is 42.7 Å². The molecule has 0 spiro atoms. The molecule has 3 N–H and O–H groups in total. The maximum absolute atomic E-state index is 12.9. The van der Waals surface area contributed by atoms with Gasteiger partial charge in [-0.3, -0.25) is 9.59 Å². The Bertz CT molecular complexity index is 1020. The van der Waals surface area contributed by atoms with Crippen molar-refractivity contribution < 1.29 is 14.3 Å². The quantitative estimate of drug-likeness (QED) is 0.814. The number of ether oxygens (including phenoxy) is 1. The molecule has 1 fully saturated rings. The van der Waals surface area contributed by atoms with Gasteiger partial charge < -0.3 is 20.7 Å². The fourth-order valence-corrected chi connectivity index (χ4v) is 4.38. The molecule has 2 amide bonds. The minimum absolute atomic E-state index is 0.0188. The van der Waals surface area contributed by atoms with Crippen LogP contribution in [0.2, 0.25) is 0 Å². The number of amides is 2. The number of fused-ring (bicyclic) bond motifs is 1. The molecule has 156 valence electrons. The summed E-state index contributed by atoms with van der Waals surface area (Å²) in [6.07, 6.45) is 3.74. The lowest BCUT2D eigenvalue weighted by Gasteiger charge is -2.40. The molecule has 1 saturated heterocycles. The summed E-state index contributed by atoms with van der Waals surface area (Å²) in [5.74, 6) is 0.970. The third kappa shape index (κ3) is 3.63. The van der Waals surface area contributed by atoms with E-state index in [0.717, 1.165) is 35.4 Å². The molecule has 2 aliphatic heterocycles. The minimum atomic E-state index is -0.505. The van der Waals surface area contributed by atoms with Crippen LogP contribution in [0.1, 0.15) is 51.6 Å². The summed E-state index contributed by atoms with van der Waals surface area (Å²) >= 11 is 0. The van der Waals surface area contributed by atoms with Crippen LogP contribution in [-0.4, -0.2) is 35.5 Å². The van der Waals surface area contributed by atoms with Gasteiger partial charge in [0.1, 0.15) is 11.6 Å². The summed E-state index contributed by atoms with van der Waals surface area (Å²) in [5, 5.41) is 3.16. The zero-order chi connectivity index (χ0) is 21.4. The highest BCUT2D eigenvalue weighted by atomic mass is 16.5. The SMILES string of the molecule is C=C1CC(NC(=O)c2ccc3c(c2C)OCC3)CC(C)N1c1ccc(C(N)=O)cn1. The van der Waals surface area contributed by atoms with Crippen LogP contribution in [0, 0.1) is 6.92 Å². The monoisotopic (exact) mass is 406 g/mol. The van der Waals surface area contributed by atoms with Crippen molar-refractivity contribution >= 4 is 17.6 Å². The van der Waals surface area contributed by atoms with Gasteiger partial charge in [-0.2, -0.15) is 0 Å². The van der Waals surface area contributed by atoms with E-state index in [-0.39, 0.29) is 18.0 Å². The first-order chi connectivity index (χ1) is 14.3. The second kappa shape index (κ2) is 7.82. The molecule has 0 bridgehead atoms. The number of hydrogen-bond donors (Lipinski definition) is 2. The number of anilines is 1. The van der Waals surface area contributed by atoms with Crippen LogP contribution < -0.4 is 20.7 Å². The molecule has 1 aromatic carbocycles. The molecule has 2 unspecified atom stereocenters. The molecule has 2 aromatic rings. The van der Waals surface area contributed by atoms with Gasteiger partial charge in [0.25, 0.3) is 5.91 Å². The Kier molecular flexibility index (Phi) is 5.20. The maximum atomic E-state index is 12.9. The van der Waals surface area contributed by atoms with Crippen LogP contribution in [0.4, 0.5) is 5.82 Å². The standard InChI is InChI=1S/C23H26N4O3/c1-13-10-18(11-14(2)27(13)20-7-5-17(12-25-20)22(24)28)26-23(29)19-6-4-16-8-9-30-21(16)15(19)3/h4-7,12,14,18H,1,8-11H2,2-3H3,(H2,24,28)(H,26,29). The Morgan fingerprint density at radius 3 is 2.77 bits per heavy atom. The zero-order valence-corrected chi connectivity index (χ0v) is 17.3. The summed E-state index contributed by atoms with van der Waals surface area (Å²) in [5.41, 5.74) is 9.24. The van der Waals surface area contributed by atoms with Crippen molar-refractivity contribution in [3.8, 4) is 5.75 Å².